The van der Waals surface area contributed by atoms with Crippen LogP contribution in [0.1, 0.15) is 36.8 Å². The van der Waals surface area contributed by atoms with Crippen LogP contribution in [0.2, 0.25) is 0 Å². The van der Waals surface area contributed by atoms with E-state index in [1.54, 1.807) is 7.11 Å². The Morgan fingerprint density at radius 3 is 2.48 bits per heavy atom. The average molecular weight is 339 g/mol. The lowest BCUT2D eigenvalue weighted by Crippen LogP contribution is -2.39. The molecular formula is C22H29NO2. The van der Waals surface area contributed by atoms with E-state index in [1.165, 1.54) is 17.7 Å². The van der Waals surface area contributed by atoms with E-state index in [0.29, 0.717) is 0 Å². The molecule has 0 bridgehead atoms. The Balaban J connectivity index is 1.90. The molecule has 2 atom stereocenters. The Hall–Kier alpha value is -2.00. The van der Waals surface area contributed by atoms with Crippen LogP contribution >= 0.6 is 0 Å². The van der Waals surface area contributed by atoms with Crippen molar-refractivity contribution in [2.45, 2.75) is 37.7 Å². The van der Waals surface area contributed by atoms with Crippen LogP contribution in [-0.2, 0) is 12.0 Å². The third-order valence-corrected chi connectivity index (χ3v) is 5.57. The van der Waals surface area contributed by atoms with Crippen molar-refractivity contribution in [1.29, 1.82) is 0 Å². The van der Waals surface area contributed by atoms with Crippen molar-refractivity contribution < 1.29 is 9.84 Å². The van der Waals surface area contributed by atoms with E-state index in [1.807, 2.05) is 24.3 Å². The van der Waals surface area contributed by atoms with E-state index in [9.17, 15) is 5.11 Å². The van der Waals surface area contributed by atoms with E-state index < -0.39 is 5.60 Å². The summed E-state index contributed by atoms with van der Waals surface area (Å²) in [6, 6.07) is 16.5. The molecule has 1 aliphatic rings. The van der Waals surface area contributed by atoms with Crippen molar-refractivity contribution in [2.75, 3.05) is 26.1 Å². The van der Waals surface area contributed by atoms with Gasteiger partial charge in [-0.3, -0.25) is 0 Å². The van der Waals surface area contributed by atoms with Crippen LogP contribution in [0.5, 0.6) is 5.75 Å². The summed E-state index contributed by atoms with van der Waals surface area (Å²) in [6.45, 7) is 0. The fraction of sp³-hybridized carbons (Fsp3) is 0.455. The van der Waals surface area contributed by atoms with Gasteiger partial charge in [0.15, 0.2) is 0 Å². The molecule has 2 unspecified atom stereocenters. The number of ether oxygens (including phenoxy) is 1. The number of hydrogen-bond donors (Lipinski definition) is 1. The predicted octanol–water partition coefficient (Wildman–Crippen LogP) is 4.38. The first-order valence-electron chi connectivity index (χ1n) is 9.17. The highest BCUT2D eigenvalue weighted by molar-refractivity contribution is 5.52. The minimum Gasteiger partial charge on any atom is -0.497 e. The lowest BCUT2D eigenvalue weighted by atomic mass is 9.69. The molecule has 2 aromatic carbocycles. The third kappa shape index (κ3) is 3.67. The van der Waals surface area contributed by atoms with Crippen molar-refractivity contribution in [2.24, 2.45) is 5.92 Å². The van der Waals surface area contributed by atoms with E-state index in [4.69, 9.17) is 4.74 Å². The topological polar surface area (TPSA) is 32.7 Å². The zero-order chi connectivity index (χ0) is 17.9. The molecule has 3 nitrogen and oxygen atoms in total. The quantitative estimate of drug-likeness (QED) is 0.877. The second kappa shape index (κ2) is 7.49. The first kappa shape index (κ1) is 17.8. The van der Waals surface area contributed by atoms with Crippen LogP contribution in [0.4, 0.5) is 5.69 Å². The normalized spacial score (nSPS) is 23.3. The number of aliphatic hydroxyl groups is 1. The molecule has 25 heavy (non-hydrogen) atoms. The summed E-state index contributed by atoms with van der Waals surface area (Å²) in [4.78, 5) is 2.16. The monoisotopic (exact) mass is 339 g/mol. The SMILES string of the molecule is COc1ccc(C2(O)CCCCC2Cc2ccccc2N(C)C)cc1. The highest BCUT2D eigenvalue weighted by Crippen LogP contribution is 2.44. The first-order chi connectivity index (χ1) is 12.0. The molecule has 134 valence electrons. The van der Waals surface area contributed by atoms with Gasteiger partial charge in [0, 0.05) is 19.8 Å². The van der Waals surface area contributed by atoms with Gasteiger partial charge in [-0.2, -0.15) is 0 Å². The van der Waals surface area contributed by atoms with Gasteiger partial charge in [-0.05, 0) is 54.5 Å². The Kier molecular flexibility index (Phi) is 5.33. The number of para-hydroxylation sites is 1. The van der Waals surface area contributed by atoms with Crippen molar-refractivity contribution in [1.82, 2.24) is 0 Å². The van der Waals surface area contributed by atoms with Crippen molar-refractivity contribution in [3.8, 4) is 5.75 Å². The van der Waals surface area contributed by atoms with Crippen LogP contribution in [0.3, 0.4) is 0 Å². The van der Waals surface area contributed by atoms with Crippen molar-refractivity contribution in [3.05, 3.63) is 59.7 Å². The summed E-state index contributed by atoms with van der Waals surface area (Å²) < 4.78 is 5.27. The maximum absolute atomic E-state index is 11.6. The smallest absolute Gasteiger partial charge is 0.118 e. The second-order valence-corrected chi connectivity index (χ2v) is 7.32. The second-order valence-electron chi connectivity index (χ2n) is 7.32. The number of hydrogen-bond acceptors (Lipinski definition) is 3. The summed E-state index contributed by atoms with van der Waals surface area (Å²) in [5, 5.41) is 11.6. The van der Waals surface area contributed by atoms with Gasteiger partial charge < -0.3 is 14.7 Å². The van der Waals surface area contributed by atoms with Crippen LogP contribution in [0, 0.1) is 5.92 Å². The lowest BCUT2D eigenvalue weighted by Gasteiger charge is -2.41. The molecule has 0 spiro atoms. The van der Waals surface area contributed by atoms with Gasteiger partial charge in [0.05, 0.1) is 12.7 Å². The highest BCUT2D eigenvalue weighted by Gasteiger charge is 2.40. The number of nitrogens with zero attached hydrogens (tertiary/aromatic N) is 1. The molecule has 1 aliphatic carbocycles. The van der Waals surface area contributed by atoms with Gasteiger partial charge in [0.25, 0.3) is 0 Å². The summed E-state index contributed by atoms with van der Waals surface area (Å²) in [5.41, 5.74) is 2.81. The molecule has 3 heteroatoms. The molecule has 1 fully saturated rings. The van der Waals surface area contributed by atoms with E-state index in [0.717, 1.165) is 37.0 Å². The van der Waals surface area contributed by atoms with Crippen LogP contribution in [0.25, 0.3) is 0 Å². The molecule has 0 aromatic heterocycles. The molecule has 3 rings (SSSR count). The largest absolute Gasteiger partial charge is 0.497 e. The number of methoxy groups -OCH3 is 1. The third-order valence-electron chi connectivity index (χ3n) is 5.57. The summed E-state index contributed by atoms with van der Waals surface area (Å²) >= 11 is 0. The van der Waals surface area contributed by atoms with E-state index >= 15 is 0 Å². The summed E-state index contributed by atoms with van der Waals surface area (Å²) in [7, 11) is 5.83. The van der Waals surface area contributed by atoms with E-state index in [2.05, 4.69) is 43.3 Å². The van der Waals surface area contributed by atoms with Gasteiger partial charge in [-0.15, -0.1) is 0 Å². The fourth-order valence-corrected chi connectivity index (χ4v) is 4.14. The number of anilines is 1. The standard InChI is InChI=1S/C22H29NO2/c1-23(2)21-10-5-4-8-17(21)16-19-9-6-7-15-22(19,24)18-11-13-20(25-3)14-12-18/h4-5,8,10-14,19,24H,6-7,9,15-16H2,1-3H3. The predicted molar refractivity (Wildman–Crippen MR) is 103 cm³/mol. The molecule has 1 N–H and O–H groups in total. The van der Waals surface area contributed by atoms with Gasteiger partial charge in [0.1, 0.15) is 5.75 Å². The van der Waals surface area contributed by atoms with Crippen LogP contribution in [-0.4, -0.2) is 26.3 Å². The molecule has 0 heterocycles. The summed E-state index contributed by atoms with van der Waals surface area (Å²) in [6.07, 6.45) is 5.05. The highest BCUT2D eigenvalue weighted by atomic mass is 16.5. The maximum atomic E-state index is 11.6. The Morgan fingerprint density at radius 2 is 1.80 bits per heavy atom. The molecule has 2 aromatic rings. The van der Waals surface area contributed by atoms with Crippen molar-refractivity contribution in [3.63, 3.8) is 0 Å². The van der Waals surface area contributed by atoms with Crippen molar-refractivity contribution >= 4 is 5.69 Å². The van der Waals surface area contributed by atoms with Gasteiger partial charge in [-0.1, -0.05) is 43.2 Å². The Morgan fingerprint density at radius 1 is 1.08 bits per heavy atom. The molecule has 0 amide bonds. The summed E-state index contributed by atoms with van der Waals surface area (Å²) in [5.74, 6) is 1.06. The zero-order valence-electron chi connectivity index (χ0n) is 15.5. The lowest BCUT2D eigenvalue weighted by molar-refractivity contribution is -0.0542. The minimum atomic E-state index is -0.760. The fourth-order valence-electron chi connectivity index (χ4n) is 4.14. The molecule has 0 saturated heterocycles. The molecular weight excluding hydrogens is 310 g/mol. The van der Waals surface area contributed by atoms with Gasteiger partial charge in [-0.25, -0.2) is 0 Å². The van der Waals surface area contributed by atoms with Gasteiger partial charge >= 0.3 is 0 Å². The Bertz CT molecular complexity index is 695. The minimum absolute atomic E-state index is 0.232. The average Bonchev–Trinajstić information content (AvgIpc) is 2.64. The number of rotatable bonds is 5. The molecule has 0 radical (unpaired) electrons. The molecule has 0 aliphatic heterocycles. The van der Waals surface area contributed by atoms with Gasteiger partial charge in [0.2, 0.25) is 0 Å². The Labute approximate surface area is 151 Å². The van der Waals surface area contributed by atoms with E-state index in [-0.39, 0.29) is 5.92 Å². The molecule has 1 saturated carbocycles. The number of benzene rings is 2. The van der Waals surface area contributed by atoms with Crippen LogP contribution in [0.15, 0.2) is 48.5 Å². The zero-order valence-corrected chi connectivity index (χ0v) is 15.5. The maximum Gasteiger partial charge on any atom is 0.118 e. The first-order valence-corrected chi connectivity index (χ1v) is 9.17. The van der Waals surface area contributed by atoms with Crippen LogP contribution < -0.4 is 9.64 Å².